The Morgan fingerprint density at radius 2 is 1.80 bits per heavy atom. The van der Waals surface area contributed by atoms with Gasteiger partial charge in [0.1, 0.15) is 10.8 Å². The van der Waals surface area contributed by atoms with E-state index in [1.54, 1.807) is 24.3 Å². The average Bonchev–Trinajstić information content (AvgIpc) is 2.66. The molecule has 1 heterocycles. The number of nitrogens with one attached hydrogen (secondary N) is 3. The van der Waals surface area contributed by atoms with Crippen LogP contribution in [0.25, 0.3) is 0 Å². The Labute approximate surface area is 176 Å². The lowest BCUT2D eigenvalue weighted by molar-refractivity contribution is 0.0697. The Kier molecular flexibility index (Phi) is 6.04. The van der Waals surface area contributed by atoms with E-state index in [1.165, 1.54) is 6.20 Å². The van der Waals surface area contributed by atoms with E-state index in [9.17, 15) is 17.6 Å². The summed E-state index contributed by atoms with van der Waals surface area (Å²) in [7, 11) is -3.52. The summed E-state index contributed by atoms with van der Waals surface area (Å²) in [4.78, 5) is 19.2. The number of rotatable bonds is 7. The fraction of sp³-hybridized carbons (Fsp3) is 0.0556. The molecule has 0 atom stereocenters. The smallest absolute Gasteiger partial charge is 0.335 e. The number of hydrogen-bond donors (Lipinski definition) is 4. The Balaban J connectivity index is 1.91. The van der Waals surface area contributed by atoms with Gasteiger partial charge in [0.2, 0.25) is 16.0 Å². The summed E-state index contributed by atoms with van der Waals surface area (Å²) in [6.45, 7) is 0. The van der Waals surface area contributed by atoms with Crippen molar-refractivity contribution in [1.82, 2.24) is 9.97 Å². The number of aromatic nitrogens is 2. The van der Waals surface area contributed by atoms with Crippen molar-refractivity contribution in [3.05, 3.63) is 65.1 Å². The van der Waals surface area contributed by atoms with E-state index in [0.29, 0.717) is 5.69 Å². The van der Waals surface area contributed by atoms with E-state index < -0.39 is 21.8 Å². The number of nitrogens with zero attached hydrogens (tertiary/aromatic N) is 2. The number of benzene rings is 2. The van der Waals surface area contributed by atoms with Crippen molar-refractivity contribution in [2.75, 3.05) is 21.6 Å². The number of carboxylic acid groups (broad SMARTS) is 1. The van der Waals surface area contributed by atoms with Gasteiger partial charge in [-0.2, -0.15) is 4.98 Å². The number of halogens is 2. The third-order valence-electron chi connectivity index (χ3n) is 3.68. The third kappa shape index (κ3) is 5.33. The minimum absolute atomic E-state index is 0.0584. The van der Waals surface area contributed by atoms with Crippen molar-refractivity contribution in [2.45, 2.75) is 0 Å². The number of carboxylic acids is 1. The van der Waals surface area contributed by atoms with Crippen LogP contribution >= 0.6 is 11.6 Å². The Morgan fingerprint density at radius 3 is 2.47 bits per heavy atom. The molecule has 0 saturated carbocycles. The number of sulfonamides is 1. The van der Waals surface area contributed by atoms with Gasteiger partial charge < -0.3 is 15.7 Å². The van der Waals surface area contributed by atoms with Crippen LogP contribution in [0.2, 0.25) is 5.02 Å². The molecular weight excluding hydrogens is 437 g/mol. The van der Waals surface area contributed by atoms with Gasteiger partial charge >= 0.3 is 5.97 Å². The zero-order valence-corrected chi connectivity index (χ0v) is 16.9. The molecule has 0 fully saturated rings. The molecule has 12 heteroatoms. The Hall–Kier alpha value is -3.44. The molecule has 1 aromatic heterocycles. The molecule has 0 radical (unpaired) electrons. The van der Waals surface area contributed by atoms with Crippen molar-refractivity contribution in [3.8, 4) is 0 Å². The summed E-state index contributed by atoms with van der Waals surface area (Å²) >= 11 is 6.13. The molecule has 0 aliphatic carbocycles. The molecular formula is C18H15ClFN5O4S. The maximum absolute atomic E-state index is 14.0. The summed E-state index contributed by atoms with van der Waals surface area (Å²) in [6.07, 6.45) is 2.27. The number of hydrogen-bond acceptors (Lipinski definition) is 7. The van der Waals surface area contributed by atoms with Crippen LogP contribution in [0.3, 0.4) is 0 Å². The fourth-order valence-corrected chi connectivity index (χ4v) is 3.11. The Bertz CT molecular complexity index is 1220. The van der Waals surface area contributed by atoms with Gasteiger partial charge in [-0.15, -0.1) is 0 Å². The molecule has 3 aromatic rings. The molecule has 0 bridgehead atoms. The maximum atomic E-state index is 14.0. The van der Waals surface area contributed by atoms with Crippen molar-refractivity contribution in [1.29, 1.82) is 0 Å². The predicted molar refractivity (Wildman–Crippen MR) is 112 cm³/mol. The van der Waals surface area contributed by atoms with Gasteiger partial charge in [-0.05, 0) is 30.3 Å². The van der Waals surface area contributed by atoms with Crippen molar-refractivity contribution in [3.63, 3.8) is 0 Å². The third-order valence-corrected chi connectivity index (χ3v) is 4.55. The second-order valence-electron chi connectivity index (χ2n) is 6.06. The summed E-state index contributed by atoms with van der Waals surface area (Å²) in [5.74, 6) is -1.85. The van der Waals surface area contributed by atoms with Gasteiger partial charge in [-0.1, -0.05) is 23.7 Å². The second-order valence-corrected chi connectivity index (χ2v) is 8.22. The van der Waals surface area contributed by atoms with Crippen molar-refractivity contribution in [2.24, 2.45) is 0 Å². The zero-order valence-electron chi connectivity index (χ0n) is 15.3. The first kappa shape index (κ1) is 21.3. The number of anilines is 5. The van der Waals surface area contributed by atoms with Crippen molar-refractivity contribution < 1.29 is 22.7 Å². The monoisotopic (exact) mass is 451 g/mol. The van der Waals surface area contributed by atoms with Crippen LogP contribution in [0.1, 0.15) is 10.4 Å². The average molecular weight is 452 g/mol. The van der Waals surface area contributed by atoms with E-state index >= 15 is 0 Å². The maximum Gasteiger partial charge on any atom is 0.335 e. The standard InChI is InChI=1S/C18H15ClFN5O4S/c1-30(28,29)25-14-5-3-2-4-13(14)22-16-11(19)9-21-18(24-16)23-15-8-10(17(26)27)6-7-12(15)20/h2-9,25H,1H3,(H,26,27)(H2,21,22,23,24). The molecule has 0 spiro atoms. The zero-order chi connectivity index (χ0) is 21.9. The summed E-state index contributed by atoms with van der Waals surface area (Å²) in [5.41, 5.74) is 0.382. The van der Waals surface area contributed by atoms with Gasteiger partial charge in [-0.3, -0.25) is 4.72 Å². The van der Waals surface area contributed by atoms with Crippen LogP contribution in [-0.4, -0.2) is 35.7 Å². The van der Waals surface area contributed by atoms with Crippen LogP contribution in [0.5, 0.6) is 0 Å². The molecule has 0 saturated heterocycles. The predicted octanol–water partition coefficient (Wildman–Crippen LogP) is 3.83. The summed E-state index contributed by atoms with van der Waals surface area (Å²) < 4.78 is 39.5. The minimum atomic E-state index is -3.52. The van der Waals surface area contributed by atoms with Crippen LogP contribution in [0.4, 0.5) is 33.2 Å². The second kappa shape index (κ2) is 8.51. The van der Waals surface area contributed by atoms with E-state index in [2.05, 4.69) is 25.3 Å². The van der Waals surface area contributed by atoms with Crippen molar-refractivity contribution >= 4 is 56.4 Å². The van der Waals surface area contributed by atoms with Crippen LogP contribution in [-0.2, 0) is 10.0 Å². The van der Waals surface area contributed by atoms with Gasteiger partial charge in [0.05, 0.1) is 35.1 Å². The summed E-state index contributed by atoms with van der Waals surface area (Å²) in [6, 6.07) is 9.72. The molecule has 2 aromatic carbocycles. The molecule has 0 aliphatic heterocycles. The summed E-state index contributed by atoms with van der Waals surface area (Å²) in [5, 5.41) is 14.7. The largest absolute Gasteiger partial charge is 0.478 e. The fourth-order valence-electron chi connectivity index (χ4n) is 2.40. The van der Waals surface area contributed by atoms with Gasteiger partial charge in [-0.25, -0.2) is 22.6 Å². The van der Waals surface area contributed by atoms with E-state index in [4.69, 9.17) is 16.7 Å². The number of aromatic carboxylic acids is 1. The molecule has 4 N–H and O–H groups in total. The molecule has 0 unspecified atom stereocenters. The SMILES string of the molecule is CS(=O)(=O)Nc1ccccc1Nc1nc(Nc2cc(C(=O)O)ccc2F)ncc1Cl. The van der Waals surface area contributed by atoms with E-state index in [1.807, 2.05) is 0 Å². The lowest BCUT2D eigenvalue weighted by Crippen LogP contribution is -2.11. The molecule has 9 nitrogen and oxygen atoms in total. The highest BCUT2D eigenvalue weighted by atomic mass is 35.5. The van der Waals surface area contributed by atoms with E-state index in [-0.39, 0.29) is 33.7 Å². The minimum Gasteiger partial charge on any atom is -0.478 e. The Morgan fingerprint density at radius 1 is 1.10 bits per heavy atom. The first-order valence-corrected chi connectivity index (χ1v) is 10.6. The quantitative estimate of drug-likeness (QED) is 0.426. The molecule has 3 rings (SSSR count). The van der Waals surface area contributed by atoms with Crippen LogP contribution in [0, 0.1) is 5.82 Å². The lowest BCUT2D eigenvalue weighted by atomic mass is 10.2. The first-order valence-electron chi connectivity index (χ1n) is 8.28. The molecule has 30 heavy (non-hydrogen) atoms. The number of carbonyl (C=O) groups is 1. The van der Waals surface area contributed by atoms with E-state index in [0.717, 1.165) is 24.5 Å². The normalized spacial score (nSPS) is 11.0. The van der Waals surface area contributed by atoms with Gasteiger partial charge in [0.25, 0.3) is 0 Å². The first-order chi connectivity index (χ1) is 14.1. The number of para-hydroxylation sites is 2. The van der Waals surface area contributed by atoms with Gasteiger partial charge in [0, 0.05) is 0 Å². The molecule has 0 amide bonds. The molecule has 0 aliphatic rings. The highest BCUT2D eigenvalue weighted by Gasteiger charge is 2.13. The topological polar surface area (TPSA) is 133 Å². The van der Waals surface area contributed by atoms with Gasteiger partial charge in [0.15, 0.2) is 5.82 Å². The lowest BCUT2D eigenvalue weighted by Gasteiger charge is -2.14. The van der Waals surface area contributed by atoms with Crippen LogP contribution < -0.4 is 15.4 Å². The highest BCUT2D eigenvalue weighted by Crippen LogP contribution is 2.30. The van der Waals surface area contributed by atoms with Crippen LogP contribution in [0.15, 0.2) is 48.7 Å². The molecule has 156 valence electrons. The highest BCUT2D eigenvalue weighted by molar-refractivity contribution is 7.92.